The number of hydrogen-bond donors (Lipinski definition) is 1. The van der Waals surface area contributed by atoms with Gasteiger partial charge in [-0.2, -0.15) is 13.2 Å². The Labute approximate surface area is 106 Å². The SMILES string of the molecule is COC(OC)C(C)NC1CCCCC1C(F)(F)F. The van der Waals surface area contributed by atoms with Crippen LogP contribution in [0.25, 0.3) is 0 Å². The van der Waals surface area contributed by atoms with Gasteiger partial charge in [0.1, 0.15) is 0 Å². The maximum absolute atomic E-state index is 12.9. The van der Waals surface area contributed by atoms with Crippen LogP contribution in [-0.2, 0) is 9.47 Å². The Morgan fingerprint density at radius 3 is 2.17 bits per heavy atom. The lowest BCUT2D eigenvalue weighted by Gasteiger charge is -2.36. The maximum Gasteiger partial charge on any atom is 0.393 e. The molecule has 0 saturated heterocycles. The van der Waals surface area contributed by atoms with E-state index in [9.17, 15) is 13.2 Å². The summed E-state index contributed by atoms with van der Waals surface area (Å²) in [6.45, 7) is 1.78. The molecule has 1 aliphatic carbocycles. The minimum absolute atomic E-state index is 0.207. The van der Waals surface area contributed by atoms with E-state index in [0.717, 1.165) is 6.42 Å². The third-order valence-corrected chi connectivity index (χ3v) is 3.54. The summed E-state index contributed by atoms with van der Waals surface area (Å²) in [5, 5.41) is 3.01. The Bertz CT molecular complexity index is 244. The molecule has 0 aromatic carbocycles. The van der Waals surface area contributed by atoms with Crippen LogP contribution in [0.5, 0.6) is 0 Å². The number of hydrogen-bond acceptors (Lipinski definition) is 3. The summed E-state index contributed by atoms with van der Waals surface area (Å²) < 4.78 is 48.8. The van der Waals surface area contributed by atoms with Crippen molar-refractivity contribution in [2.45, 2.75) is 57.2 Å². The molecule has 1 aliphatic rings. The molecule has 0 aromatic heterocycles. The molecule has 0 heterocycles. The maximum atomic E-state index is 12.9. The Balaban J connectivity index is 2.62. The Morgan fingerprint density at radius 2 is 1.67 bits per heavy atom. The van der Waals surface area contributed by atoms with Crippen molar-refractivity contribution in [1.29, 1.82) is 0 Å². The third-order valence-electron chi connectivity index (χ3n) is 3.54. The molecule has 1 saturated carbocycles. The number of rotatable bonds is 5. The highest BCUT2D eigenvalue weighted by Gasteiger charge is 2.45. The van der Waals surface area contributed by atoms with Crippen molar-refractivity contribution < 1.29 is 22.6 Å². The number of ether oxygens (including phenoxy) is 2. The van der Waals surface area contributed by atoms with Crippen molar-refractivity contribution in [1.82, 2.24) is 5.32 Å². The molecule has 6 heteroatoms. The minimum atomic E-state index is -4.13. The Kier molecular flexibility index (Phi) is 5.88. The molecule has 1 fully saturated rings. The molecule has 3 nitrogen and oxygen atoms in total. The van der Waals surface area contributed by atoms with Crippen LogP contribution in [0.3, 0.4) is 0 Å². The summed E-state index contributed by atoms with van der Waals surface area (Å²) in [7, 11) is 2.96. The highest BCUT2D eigenvalue weighted by molar-refractivity contribution is 4.87. The van der Waals surface area contributed by atoms with Crippen molar-refractivity contribution in [3.63, 3.8) is 0 Å². The summed E-state index contributed by atoms with van der Waals surface area (Å²) in [6.07, 6.45) is -2.42. The van der Waals surface area contributed by atoms with Gasteiger partial charge in [-0.15, -0.1) is 0 Å². The van der Waals surface area contributed by atoms with Gasteiger partial charge in [0.2, 0.25) is 0 Å². The molecule has 0 amide bonds. The molecule has 3 unspecified atom stereocenters. The van der Waals surface area contributed by atoms with E-state index in [1.807, 2.05) is 0 Å². The molecule has 0 bridgehead atoms. The lowest BCUT2D eigenvalue weighted by atomic mass is 9.83. The number of nitrogens with one attached hydrogen (secondary N) is 1. The van der Waals surface area contributed by atoms with Crippen molar-refractivity contribution >= 4 is 0 Å². The largest absolute Gasteiger partial charge is 0.393 e. The summed E-state index contributed by atoms with van der Waals surface area (Å²) >= 11 is 0. The van der Waals surface area contributed by atoms with Gasteiger partial charge in [0.15, 0.2) is 6.29 Å². The van der Waals surface area contributed by atoms with Gasteiger partial charge < -0.3 is 14.8 Å². The second-order valence-electron chi connectivity index (χ2n) is 4.83. The average Bonchev–Trinajstić information content (AvgIpc) is 2.30. The van der Waals surface area contributed by atoms with Crippen LogP contribution in [0.15, 0.2) is 0 Å². The van der Waals surface area contributed by atoms with Crippen LogP contribution in [0.4, 0.5) is 13.2 Å². The van der Waals surface area contributed by atoms with E-state index < -0.39 is 24.4 Å². The Morgan fingerprint density at radius 1 is 1.11 bits per heavy atom. The highest BCUT2D eigenvalue weighted by Crippen LogP contribution is 2.37. The molecule has 0 aromatic rings. The lowest BCUT2D eigenvalue weighted by molar-refractivity contribution is -0.192. The first-order valence-corrected chi connectivity index (χ1v) is 6.28. The van der Waals surface area contributed by atoms with E-state index in [4.69, 9.17) is 9.47 Å². The minimum Gasteiger partial charge on any atom is -0.354 e. The van der Waals surface area contributed by atoms with E-state index in [2.05, 4.69) is 5.32 Å². The van der Waals surface area contributed by atoms with Crippen molar-refractivity contribution in [3.05, 3.63) is 0 Å². The van der Waals surface area contributed by atoms with Crippen LogP contribution in [0.2, 0.25) is 0 Å². The van der Waals surface area contributed by atoms with Gasteiger partial charge in [-0.25, -0.2) is 0 Å². The molecule has 0 aliphatic heterocycles. The van der Waals surface area contributed by atoms with Crippen LogP contribution >= 0.6 is 0 Å². The summed E-state index contributed by atoms with van der Waals surface area (Å²) in [5.41, 5.74) is 0. The van der Waals surface area contributed by atoms with Gasteiger partial charge in [0, 0.05) is 20.3 Å². The second kappa shape index (κ2) is 6.73. The number of halogens is 3. The number of methoxy groups -OCH3 is 2. The molecule has 3 atom stereocenters. The molecule has 0 radical (unpaired) electrons. The molecule has 18 heavy (non-hydrogen) atoms. The zero-order valence-electron chi connectivity index (χ0n) is 11.1. The number of alkyl halides is 3. The predicted molar refractivity (Wildman–Crippen MR) is 62.2 cm³/mol. The van der Waals surface area contributed by atoms with E-state index in [0.29, 0.717) is 12.8 Å². The first-order chi connectivity index (χ1) is 8.40. The van der Waals surface area contributed by atoms with Gasteiger partial charge >= 0.3 is 6.18 Å². The fourth-order valence-electron chi connectivity index (χ4n) is 2.64. The summed E-state index contributed by atoms with van der Waals surface area (Å²) in [4.78, 5) is 0. The monoisotopic (exact) mass is 269 g/mol. The lowest BCUT2D eigenvalue weighted by Crippen LogP contribution is -2.52. The van der Waals surface area contributed by atoms with E-state index in [-0.39, 0.29) is 12.5 Å². The van der Waals surface area contributed by atoms with Gasteiger partial charge in [0.05, 0.1) is 12.0 Å². The van der Waals surface area contributed by atoms with Crippen molar-refractivity contribution in [2.24, 2.45) is 5.92 Å². The van der Waals surface area contributed by atoms with Gasteiger partial charge in [-0.1, -0.05) is 12.8 Å². The van der Waals surface area contributed by atoms with Gasteiger partial charge in [-0.3, -0.25) is 0 Å². The topological polar surface area (TPSA) is 30.5 Å². The van der Waals surface area contributed by atoms with Crippen molar-refractivity contribution in [2.75, 3.05) is 14.2 Å². The van der Waals surface area contributed by atoms with Gasteiger partial charge in [-0.05, 0) is 19.8 Å². The van der Waals surface area contributed by atoms with Crippen LogP contribution < -0.4 is 5.32 Å². The average molecular weight is 269 g/mol. The van der Waals surface area contributed by atoms with E-state index in [1.54, 1.807) is 6.92 Å². The molecule has 1 N–H and O–H groups in total. The smallest absolute Gasteiger partial charge is 0.354 e. The van der Waals surface area contributed by atoms with E-state index >= 15 is 0 Å². The van der Waals surface area contributed by atoms with E-state index in [1.165, 1.54) is 14.2 Å². The fourth-order valence-corrected chi connectivity index (χ4v) is 2.64. The van der Waals surface area contributed by atoms with Crippen molar-refractivity contribution in [3.8, 4) is 0 Å². The summed E-state index contributed by atoms with van der Waals surface area (Å²) in [5.74, 6) is -1.26. The first-order valence-electron chi connectivity index (χ1n) is 6.28. The molecule has 108 valence electrons. The molecular formula is C12H22F3NO2. The van der Waals surface area contributed by atoms with Crippen LogP contribution in [0.1, 0.15) is 32.6 Å². The predicted octanol–water partition coefficient (Wildman–Crippen LogP) is 2.70. The first kappa shape index (κ1) is 15.7. The Hall–Kier alpha value is -0.330. The van der Waals surface area contributed by atoms with Crippen LogP contribution in [0, 0.1) is 5.92 Å². The van der Waals surface area contributed by atoms with Gasteiger partial charge in [0.25, 0.3) is 0 Å². The molecule has 0 spiro atoms. The summed E-state index contributed by atoms with van der Waals surface area (Å²) in [6, 6.07) is -0.811. The quantitative estimate of drug-likeness (QED) is 0.778. The highest BCUT2D eigenvalue weighted by atomic mass is 19.4. The third kappa shape index (κ3) is 4.10. The van der Waals surface area contributed by atoms with Crippen LogP contribution in [-0.4, -0.2) is 38.8 Å². The molecular weight excluding hydrogens is 247 g/mol. The standard InChI is InChI=1S/C12H22F3NO2/c1-8(11(17-2)18-3)16-10-7-5-4-6-9(10)12(13,14)15/h8-11,16H,4-7H2,1-3H3. The zero-order chi connectivity index (χ0) is 13.8. The fraction of sp³-hybridized carbons (Fsp3) is 1.00. The second-order valence-corrected chi connectivity index (χ2v) is 4.83. The normalized spacial score (nSPS) is 27.5. The zero-order valence-corrected chi connectivity index (χ0v) is 11.1. The molecule has 1 rings (SSSR count).